The minimum Gasteiger partial charge on any atom is -0.479 e. The fourth-order valence-electron chi connectivity index (χ4n) is 1.05. The normalized spacial score (nSPS) is 9.81. The number of nitrogens with one attached hydrogen (secondary N) is 1. The number of aromatic nitrogens is 2. The Morgan fingerprint density at radius 3 is 3.00 bits per heavy atom. The molecule has 0 aliphatic carbocycles. The minimum absolute atomic E-state index is 0.0876. The molecule has 0 unspecified atom stereocenters. The number of rotatable bonds is 6. The summed E-state index contributed by atoms with van der Waals surface area (Å²) in [6.07, 6.45) is 2.83. The van der Waals surface area contributed by atoms with Crippen LogP contribution in [0.15, 0.2) is 12.4 Å². The summed E-state index contributed by atoms with van der Waals surface area (Å²) in [7, 11) is 0. The van der Waals surface area contributed by atoms with Crippen LogP contribution in [-0.4, -0.2) is 39.9 Å². The number of amides is 1. The van der Waals surface area contributed by atoms with Crippen LogP contribution >= 0.6 is 0 Å². The number of nitrogens with zero attached hydrogens (tertiary/aromatic N) is 2. The molecule has 0 saturated carbocycles. The average molecular weight is 227 g/mol. The zero-order valence-electron chi connectivity index (χ0n) is 8.84. The third-order valence-corrected chi connectivity index (χ3v) is 1.65. The van der Waals surface area contributed by atoms with Crippen LogP contribution in [0.5, 0.6) is 5.75 Å². The van der Waals surface area contributed by atoms with E-state index in [9.17, 15) is 9.59 Å². The van der Waals surface area contributed by atoms with Gasteiger partial charge in [-0.3, -0.25) is 9.48 Å². The standard InChI is InChI=1S/C9H13N3O4/c1-2-10-8(13)5-12-4-7(3-11-12)16-6-9(14)15/h3-4H,2,5-6H2,1H3,(H,10,13)(H,14,15). The Morgan fingerprint density at radius 2 is 2.38 bits per heavy atom. The summed E-state index contributed by atoms with van der Waals surface area (Å²) in [5, 5.41) is 14.9. The second-order valence-electron chi connectivity index (χ2n) is 3.01. The summed E-state index contributed by atoms with van der Waals surface area (Å²) in [5.41, 5.74) is 0. The first-order chi connectivity index (χ1) is 7.61. The molecule has 16 heavy (non-hydrogen) atoms. The fraction of sp³-hybridized carbons (Fsp3) is 0.444. The summed E-state index contributed by atoms with van der Waals surface area (Å²) in [6.45, 7) is 2.04. The smallest absolute Gasteiger partial charge is 0.341 e. The Bertz CT molecular complexity index is 375. The van der Waals surface area contributed by atoms with Gasteiger partial charge in [0.15, 0.2) is 12.4 Å². The zero-order chi connectivity index (χ0) is 12.0. The van der Waals surface area contributed by atoms with Crippen molar-refractivity contribution in [3.63, 3.8) is 0 Å². The van der Waals surface area contributed by atoms with Gasteiger partial charge in [0.25, 0.3) is 0 Å². The van der Waals surface area contributed by atoms with E-state index < -0.39 is 12.6 Å². The van der Waals surface area contributed by atoms with E-state index in [1.807, 2.05) is 6.92 Å². The van der Waals surface area contributed by atoms with Crippen LogP contribution in [0.25, 0.3) is 0 Å². The van der Waals surface area contributed by atoms with Gasteiger partial charge in [0.1, 0.15) is 6.54 Å². The highest BCUT2D eigenvalue weighted by molar-refractivity contribution is 5.75. The van der Waals surface area contributed by atoms with Crippen LogP contribution in [0, 0.1) is 0 Å². The monoisotopic (exact) mass is 227 g/mol. The van der Waals surface area contributed by atoms with E-state index in [0.29, 0.717) is 12.3 Å². The first-order valence-electron chi connectivity index (χ1n) is 4.75. The van der Waals surface area contributed by atoms with E-state index in [1.165, 1.54) is 17.1 Å². The molecule has 0 aliphatic heterocycles. The van der Waals surface area contributed by atoms with Crippen LogP contribution < -0.4 is 10.1 Å². The Balaban J connectivity index is 2.45. The molecule has 0 radical (unpaired) electrons. The van der Waals surface area contributed by atoms with Crippen molar-refractivity contribution in [3.05, 3.63) is 12.4 Å². The van der Waals surface area contributed by atoms with E-state index in [2.05, 4.69) is 10.4 Å². The molecular formula is C9H13N3O4. The largest absolute Gasteiger partial charge is 0.479 e. The summed E-state index contributed by atoms with van der Waals surface area (Å²) >= 11 is 0. The molecule has 0 fully saturated rings. The highest BCUT2D eigenvalue weighted by Gasteiger charge is 2.05. The van der Waals surface area contributed by atoms with Gasteiger partial charge < -0.3 is 15.2 Å². The molecule has 0 atom stereocenters. The SMILES string of the molecule is CCNC(=O)Cn1cc(OCC(=O)O)cn1. The molecule has 0 saturated heterocycles. The molecule has 0 aliphatic rings. The number of carboxylic acid groups (broad SMARTS) is 1. The second-order valence-corrected chi connectivity index (χ2v) is 3.01. The van der Waals surface area contributed by atoms with Crippen molar-refractivity contribution < 1.29 is 19.4 Å². The molecule has 1 aromatic rings. The number of likely N-dealkylation sites (N-methyl/N-ethyl adjacent to an activating group) is 1. The molecule has 1 rings (SSSR count). The van der Waals surface area contributed by atoms with Crippen LogP contribution in [-0.2, 0) is 16.1 Å². The van der Waals surface area contributed by atoms with Crippen molar-refractivity contribution in [2.75, 3.05) is 13.2 Å². The van der Waals surface area contributed by atoms with Crippen molar-refractivity contribution in [1.29, 1.82) is 0 Å². The lowest BCUT2D eigenvalue weighted by molar-refractivity contribution is -0.139. The summed E-state index contributed by atoms with van der Waals surface area (Å²) in [6, 6.07) is 0. The first-order valence-corrected chi connectivity index (χ1v) is 4.75. The van der Waals surface area contributed by atoms with E-state index in [0.717, 1.165) is 0 Å². The molecule has 1 heterocycles. The summed E-state index contributed by atoms with van der Waals surface area (Å²) < 4.78 is 6.25. The first kappa shape index (κ1) is 12.0. The Kier molecular flexibility index (Phi) is 4.31. The number of hydrogen-bond acceptors (Lipinski definition) is 4. The van der Waals surface area contributed by atoms with Crippen LogP contribution in [0.3, 0.4) is 0 Å². The molecule has 1 aromatic heterocycles. The Labute approximate surface area is 92.0 Å². The molecule has 7 nitrogen and oxygen atoms in total. The maximum absolute atomic E-state index is 11.2. The number of carbonyl (C=O) groups excluding carboxylic acids is 1. The van der Waals surface area contributed by atoms with Gasteiger partial charge in [-0.15, -0.1) is 0 Å². The summed E-state index contributed by atoms with van der Waals surface area (Å²) in [5.74, 6) is -0.890. The second kappa shape index (κ2) is 5.74. The van der Waals surface area contributed by atoms with Gasteiger partial charge in [-0.2, -0.15) is 5.10 Å². The van der Waals surface area contributed by atoms with Gasteiger partial charge in [-0.05, 0) is 6.92 Å². The number of aliphatic carboxylic acids is 1. The predicted molar refractivity (Wildman–Crippen MR) is 54.0 cm³/mol. The van der Waals surface area contributed by atoms with E-state index in [4.69, 9.17) is 9.84 Å². The maximum atomic E-state index is 11.2. The summed E-state index contributed by atoms with van der Waals surface area (Å²) in [4.78, 5) is 21.4. The zero-order valence-corrected chi connectivity index (χ0v) is 8.84. The van der Waals surface area contributed by atoms with Crippen LogP contribution in [0.2, 0.25) is 0 Å². The minimum atomic E-state index is -1.06. The van der Waals surface area contributed by atoms with Crippen molar-refractivity contribution >= 4 is 11.9 Å². The van der Waals surface area contributed by atoms with Gasteiger partial charge in [0.05, 0.1) is 12.4 Å². The van der Waals surface area contributed by atoms with Crippen molar-refractivity contribution in [1.82, 2.24) is 15.1 Å². The van der Waals surface area contributed by atoms with Gasteiger partial charge in [0, 0.05) is 6.54 Å². The van der Waals surface area contributed by atoms with Gasteiger partial charge in [-0.25, -0.2) is 4.79 Å². The number of hydrogen-bond donors (Lipinski definition) is 2. The van der Waals surface area contributed by atoms with Crippen molar-refractivity contribution in [3.8, 4) is 5.75 Å². The molecule has 7 heteroatoms. The van der Waals surface area contributed by atoms with E-state index >= 15 is 0 Å². The number of carbonyl (C=O) groups is 2. The predicted octanol–water partition coefficient (Wildman–Crippen LogP) is -0.517. The molecule has 88 valence electrons. The number of ether oxygens (including phenoxy) is 1. The highest BCUT2D eigenvalue weighted by atomic mass is 16.5. The van der Waals surface area contributed by atoms with Crippen molar-refractivity contribution in [2.45, 2.75) is 13.5 Å². The third kappa shape index (κ3) is 3.99. The maximum Gasteiger partial charge on any atom is 0.341 e. The highest BCUT2D eigenvalue weighted by Crippen LogP contribution is 2.07. The van der Waals surface area contributed by atoms with Gasteiger partial charge in [-0.1, -0.05) is 0 Å². The lowest BCUT2D eigenvalue weighted by Crippen LogP contribution is -2.27. The molecule has 0 spiro atoms. The van der Waals surface area contributed by atoms with E-state index in [1.54, 1.807) is 0 Å². The quantitative estimate of drug-likeness (QED) is 0.682. The van der Waals surface area contributed by atoms with E-state index in [-0.39, 0.29) is 12.5 Å². The van der Waals surface area contributed by atoms with Crippen LogP contribution in [0.4, 0.5) is 0 Å². The number of carboxylic acids is 1. The van der Waals surface area contributed by atoms with Crippen molar-refractivity contribution in [2.24, 2.45) is 0 Å². The van der Waals surface area contributed by atoms with Crippen LogP contribution in [0.1, 0.15) is 6.92 Å². The average Bonchev–Trinajstić information content (AvgIpc) is 2.63. The topological polar surface area (TPSA) is 93.5 Å². The molecule has 0 aromatic carbocycles. The molecular weight excluding hydrogens is 214 g/mol. The Hall–Kier alpha value is -2.05. The molecule has 1 amide bonds. The van der Waals surface area contributed by atoms with Gasteiger partial charge >= 0.3 is 5.97 Å². The molecule has 0 bridgehead atoms. The van der Waals surface area contributed by atoms with Gasteiger partial charge in [0.2, 0.25) is 5.91 Å². The molecule has 2 N–H and O–H groups in total. The fourth-order valence-corrected chi connectivity index (χ4v) is 1.05. The Morgan fingerprint density at radius 1 is 1.62 bits per heavy atom. The lowest BCUT2D eigenvalue weighted by atomic mass is 10.5. The lowest BCUT2D eigenvalue weighted by Gasteiger charge is -2.01. The third-order valence-electron chi connectivity index (χ3n) is 1.65.